The van der Waals surface area contributed by atoms with E-state index in [1.807, 2.05) is 6.07 Å². The third-order valence-electron chi connectivity index (χ3n) is 5.34. The highest BCUT2D eigenvalue weighted by molar-refractivity contribution is 6.30. The molecule has 6 nitrogen and oxygen atoms in total. The largest absolute Gasteiger partial charge is 0.459 e. The Hall–Kier alpha value is -2.67. The number of furan rings is 1. The lowest BCUT2D eigenvalue weighted by Crippen LogP contribution is -2.18. The molecule has 1 aliphatic heterocycles. The molecule has 4 rings (SSSR count). The van der Waals surface area contributed by atoms with Gasteiger partial charge in [0.25, 0.3) is 5.69 Å². The van der Waals surface area contributed by atoms with Gasteiger partial charge in [-0.2, -0.15) is 0 Å². The van der Waals surface area contributed by atoms with E-state index >= 15 is 0 Å². The van der Waals surface area contributed by atoms with Crippen molar-refractivity contribution in [1.82, 2.24) is 10.2 Å². The Morgan fingerprint density at radius 3 is 2.47 bits per heavy atom. The first-order chi connectivity index (χ1) is 14.6. The first kappa shape index (κ1) is 20.6. The molecule has 1 saturated heterocycles. The third kappa shape index (κ3) is 5.08. The van der Waals surface area contributed by atoms with E-state index in [-0.39, 0.29) is 5.69 Å². The zero-order valence-electron chi connectivity index (χ0n) is 16.6. The van der Waals surface area contributed by atoms with E-state index in [0.29, 0.717) is 22.9 Å². The van der Waals surface area contributed by atoms with Gasteiger partial charge in [-0.15, -0.1) is 0 Å². The quantitative estimate of drug-likeness (QED) is 0.386. The number of nitro groups is 1. The zero-order valence-corrected chi connectivity index (χ0v) is 17.4. The number of hydrogen-bond acceptors (Lipinski definition) is 5. The van der Waals surface area contributed by atoms with Crippen molar-refractivity contribution in [3.05, 3.63) is 86.6 Å². The molecule has 7 heteroatoms. The Labute approximate surface area is 180 Å². The van der Waals surface area contributed by atoms with Crippen LogP contribution in [0.3, 0.4) is 0 Å². The van der Waals surface area contributed by atoms with Crippen LogP contribution in [-0.2, 0) is 19.6 Å². The lowest BCUT2D eigenvalue weighted by molar-refractivity contribution is -0.384. The van der Waals surface area contributed by atoms with Gasteiger partial charge in [-0.25, -0.2) is 0 Å². The van der Waals surface area contributed by atoms with Gasteiger partial charge >= 0.3 is 0 Å². The minimum atomic E-state index is -0.449. The second-order valence-corrected chi connectivity index (χ2v) is 8.02. The molecule has 1 aliphatic rings. The van der Waals surface area contributed by atoms with E-state index in [4.69, 9.17) is 16.0 Å². The number of nitrogens with zero attached hydrogens (tertiary/aromatic N) is 2. The van der Waals surface area contributed by atoms with Crippen LogP contribution in [0.25, 0.3) is 11.3 Å². The highest BCUT2D eigenvalue weighted by Crippen LogP contribution is 2.33. The summed E-state index contributed by atoms with van der Waals surface area (Å²) in [6.45, 7) is 4.69. The number of likely N-dealkylation sites (tertiary alicyclic amines) is 1. The Balaban J connectivity index is 1.32. The van der Waals surface area contributed by atoms with Crippen molar-refractivity contribution in [3.63, 3.8) is 0 Å². The molecule has 1 aromatic heterocycles. The Bertz CT molecular complexity index is 1010. The molecule has 0 aliphatic carbocycles. The molecule has 2 heterocycles. The number of benzene rings is 2. The highest BCUT2D eigenvalue weighted by atomic mass is 35.5. The molecule has 1 N–H and O–H groups in total. The maximum atomic E-state index is 11.3. The van der Waals surface area contributed by atoms with Gasteiger partial charge in [0.15, 0.2) is 0 Å². The van der Waals surface area contributed by atoms with Crippen LogP contribution in [0.2, 0.25) is 5.02 Å². The van der Waals surface area contributed by atoms with Crippen LogP contribution >= 0.6 is 11.6 Å². The first-order valence-corrected chi connectivity index (χ1v) is 10.5. The molecule has 2 aromatic carbocycles. The van der Waals surface area contributed by atoms with Crippen molar-refractivity contribution >= 4 is 17.3 Å². The predicted molar refractivity (Wildman–Crippen MR) is 117 cm³/mol. The highest BCUT2D eigenvalue weighted by Gasteiger charge is 2.18. The van der Waals surface area contributed by atoms with Gasteiger partial charge in [0.05, 0.1) is 17.0 Å². The topological polar surface area (TPSA) is 71.6 Å². The fraction of sp³-hybridized carbons (Fsp3) is 0.304. The standard InChI is InChI=1S/C23H24ClN3O3/c24-19-7-9-21(22(13-19)27(28)29)23-10-8-20(30-23)15-25-14-17-3-5-18(6-4-17)16-26-11-1-2-12-26/h3-10,13,25H,1-2,11-12,14-16H2. The molecule has 0 saturated carbocycles. The van der Waals surface area contributed by atoms with Gasteiger partial charge in [-0.05, 0) is 61.3 Å². The van der Waals surface area contributed by atoms with E-state index < -0.39 is 4.92 Å². The molecule has 0 radical (unpaired) electrons. The van der Waals surface area contributed by atoms with Gasteiger partial charge in [0.2, 0.25) is 0 Å². The number of hydrogen-bond donors (Lipinski definition) is 1. The second kappa shape index (κ2) is 9.43. The zero-order chi connectivity index (χ0) is 20.9. The van der Waals surface area contributed by atoms with Crippen LogP contribution in [0.1, 0.15) is 29.7 Å². The van der Waals surface area contributed by atoms with Gasteiger partial charge in [0.1, 0.15) is 11.5 Å². The molecule has 30 heavy (non-hydrogen) atoms. The number of rotatable bonds is 8. The van der Waals surface area contributed by atoms with Gasteiger partial charge < -0.3 is 9.73 Å². The second-order valence-electron chi connectivity index (χ2n) is 7.59. The van der Waals surface area contributed by atoms with Crippen LogP contribution < -0.4 is 5.32 Å². The Morgan fingerprint density at radius 1 is 1.00 bits per heavy atom. The summed E-state index contributed by atoms with van der Waals surface area (Å²) in [5, 5.41) is 15.0. The van der Waals surface area contributed by atoms with Crippen molar-refractivity contribution in [1.29, 1.82) is 0 Å². The minimum Gasteiger partial charge on any atom is -0.459 e. The summed E-state index contributed by atoms with van der Waals surface area (Å²) < 4.78 is 5.82. The molecular formula is C23H24ClN3O3. The van der Waals surface area contributed by atoms with Gasteiger partial charge in [0, 0.05) is 24.2 Å². The monoisotopic (exact) mass is 425 g/mol. The molecule has 156 valence electrons. The fourth-order valence-electron chi connectivity index (χ4n) is 3.77. The number of halogens is 1. The van der Waals surface area contributed by atoms with Crippen LogP contribution in [0.5, 0.6) is 0 Å². The van der Waals surface area contributed by atoms with Crippen LogP contribution in [0.15, 0.2) is 59.0 Å². The van der Waals surface area contributed by atoms with Crippen LogP contribution in [-0.4, -0.2) is 22.9 Å². The molecular weight excluding hydrogens is 402 g/mol. The summed E-state index contributed by atoms with van der Waals surface area (Å²) in [6.07, 6.45) is 2.61. The lowest BCUT2D eigenvalue weighted by Gasteiger charge is -2.14. The van der Waals surface area contributed by atoms with Crippen LogP contribution in [0.4, 0.5) is 5.69 Å². The van der Waals surface area contributed by atoms with Gasteiger partial charge in [-0.3, -0.25) is 15.0 Å². The Kier molecular flexibility index (Phi) is 6.47. The molecule has 0 bridgehead atoms. The summed E-state index contributed by atoms with van der Waals surface area (Å²) in [6, 6.07) is 16.9. The maximum Gasteiger partial charge on any atom is 0.281 e. The SMILES string of the molecule is O=[N+]([O-])c1cc(Cl)ccc1-c1ccc(CNCc2ccc(CN3CCCC3)cc2)o1. The number of nitro benzene ring substituents is 1. The van der Waals surface area contributed by atoms with Crippen molar-refractivity contribution in [2.24, 2.45) is 0 Å². The van der Waals surface area contributed by atoms with Crippen molar-refractivity contribution in [2.45, 2.75) is 32.5 Å². The van der Waals surface area contributed by atoms with E-state index in [9.17, 15) is 10.1 Å². The minimum absolute atomic E-state index is 0.0645. The maximum absolute atomic E-state index is 11.3. The molecule has 3 aromatic rings. The lowest BCUT2D eigenvalue weighted by atomic mass is 10.1. The van der Waals surface area contributed by atoms with Crippen molar-refractivity contribution in [3.8, 4) is 11.3 Å². The van der Waals surface area contributed by atoms with E-state index in [0.717, 1.165) is 18.8 Å². The molecule has 1 fully saturated rings. The molecule has 0 spiro atoms. The molecule has 0 amide bonds. The summed E-state index contributed by atoms with van der Waals surface area (Å²) in [5.41, 5.74) is 2.91. The summed E-state index contributed by atoms with van der Waals surface area (Å²) in [5.74, 6) is 1.18. The summed E-state index contributed by atoms with van der Waals surface area (Å²) in [7, 11) is 0. The third-order valence-corrected chi connectivity index (χ3v) is 5.57. The van der Waals surface area contributed by atoms with Crippen LogP contribution in [0, 0.1) is 10.1 Å². The van der Waals surface area contributed by atoms with Gasteiger partial charge in [-0.1, -0.05) is 35.9 Å². The average Bonchev–Trinajstić information content (AvgIpc) is 3.41. The van der Waals surface area contributed by atoms with Crippen molar-refractivity contribution < 1.29 is 9.34 Å². The molecule has 0 unspecified atom stereocenters. The smallest absolute Gasteiger partial charge is 0.281 e. The fourth-order valence-corrected chi connectivity index (χ4v) is 3.94. The summed E-state index contributed by atoms with van der Waals surface area (Å²) >= 11 is 5.88. The number of nitrogens with one attached hydrogen (secondary N) is 1. The van der Waals surface area contributed by atoms with E-state index in [1.54, 1.807) is 18.2 Å². The summed E-state index contributed by atoms with van der Waals surface area (Å²) in [4.78, 5) is 13.3. The average molecular weight is 426 g/mol. The molecule has 0 atom stereocenters. The predicted octanol–water partition coefficient (Wildman–Crippen LogP) is 5.39. The first-order valence-electron chi connectivity index (χ1n) is 10.1. The van der Waals surface area contributed by atoms with E-state index in [2.05, 4.69) is 34.5 Å². The Morgan fingerprint density at radius 2 is 1.73 bits per heavy atom. The van der Waals surface area contributed by atoms with Crippen molar-refractivity contribution in [2.75, 3.05) is 13.1 Å². The van der Waals surface area contributed by atoms with E-state index in [1.165, 1.54) is 43.1 Å². The normalized spacial score (nSPS) is 14.3.